The number of rotatable bonds is 7. The number of aromatic nitrogens is 1. The van der Waals surface area contributed by atoms with Crippen LogP contribution in [0.15, 0.2) is 59.5 Å². The van der Waals surface area contributed by atoms with Crippen LogP contribution in [0, 0.1) is 6.92 Å². The van der Waals surface area contributed by atoms with Gasteiger partial charge < -0.3 is 24.5 Å². The molecule has 2 aromatic rings. The van der Waals surface area contributed by atoms with E-state index in [4.69, 9.17) is 21.3 Å². The van der Waals surface area contributed by atoms with Crippen LogP contribution in [0.1, 0.15) is 30.5 Å². The van der Waals surface area contributed by atoms with E-state index in [9.17, 15) is 5.11 Å². The zero-order chi connectivity index (χ0) is 22.3. The Kier molecular flexibility index (Phi) is 5.47. The van der Waals surface area contributed by atoms with Gasteiger partial charge in [-0.1, -0.05) is 23.7 Å². The summed E-state index contributed by atoms with van der Waals surface area (Å²) in [6.07, 6.45) is 5.98. The van der Waals surface area contributed by atoms with E-state index < -0.39 is 12.0 Å². The van der Waals surface area contributed by atoms with Gasteiger partial charge in [-0.25, -0.2) is 4.99 Å². The predicted octanol–water partition coefficient (Wildman–Crippen LogP) is 3.58. The Morgan fingerprint density at radius 1 is 1.19 bits per heavy atom. The number of pyridine rings is 1. The van der Waals surface area contributed by atoms with Crippen molar-refractivity contribution in [2.45, 2.75) is 44.7 Å². The van der Waals surface area contributed by atoms with Gasteiger partial charge in [-0.05, 0) is 56.0 Å². The van der Waals surface area contributed by atoms with E-state index in [1.54, 1.807) is 6.20 Å². The molecule has 7 nitrogen and oxygen atoms in total. The molecule has 1 unspecified atom stereocenters. The fraction of sp³-hybridized carbons (Fsp3) is 0.417. The van der Waals surface area contributed by atoms with E-state index in [1.807, 2.05) is 50.4 Å². The van der Waals surface area contributed by atoms with Crippen molar-refractivity contribution in [1.82, 2.24) is 19.7 Å². The molecule has 0 amide bonds. The number of nitrogens with zero attached hydrogens (tertiary/aromatic N) is 5. The van der Waals surface area contributed by atoms with Crippen LogP contribution in [0.3, 0.4) is 0 Å². The number of hydrogen-bond donors (Lipinski definition) is 1. The van der Waals surface area contributed by atoms with Crippen LogP contribution < -0.4 is 4.74 Å². The van der Waals surface area contributed by atoms with Crippen LogP contribution in [-0.4, -0.2) is 62.8 Å². The number of likely N-dealkylation sites (N-methyl/N-ethyl adjacent to an activating group) is 1. The number of aryl methyl sites for hydroxylation is 1. The summed E-state index contributed by atoms with van der Waals surface area (Å²) in [7, 11) is 2.04. The summed E-state index contributed by atoms with van der Waals surface area (Å²) < 4.78 is 6.26. The number of halogens is 1. The number of fused-ring (bicyclic) bond motifs is 1. The number of benzene rings is 1. The maximum Gasteiger partial charge on any atom is 0.273 e. The average Bonchev–Trinajstić information content (AvgIpc) is 3.42. The van der Waals surface area contributed by atoms with Gasteiger partial charge in [-0.2, -0.15) is 0 Å². The summed E-state index contributed by atoms with van der Waals surface area (Å²) in [6.45, 7) is 4.12. The molecule has 3 aliphatic rings. The van der Waals surface area contributed by atoms with Gasteiger partial charge in [-0.15, -0.1) is 0 Å². The van der Waals surface area contributed by atoms with Crippen LogP contribution in [0.2, 0.25) is 5.02 Å². The summed E-state index contributed by atoms with van der Waals surface area (Å²) in [5, 5.41) is 11.0. The van der Waals surface area contributed by atoms with Gasteiger partial charge in [0.25, 0.3) is 6.35 Å². The van der Waals surface area contributed by atoms with Gasteiger partial charge in [0.15, 0.2) is 5.84 Å². The summed E-state index contributed by atoms with van der Waals surface area (Å²) in [5.41, 5.74) is 2.61. The van der Waals surface area contributed by atoms with Crippen LogP contribution >= 0.6 is 11.6 Å². The van der Waals surface area contributed by atoms with Crippen LogP contribution in [0.25, 0.3) is 0 Å². The first kappa shape index (κ1) is 21.1. The summed E-state index contributed by atoms with van der Waals surface area (Å²) in [6, 6.07) is 11.7. The lowest BCUT2D eigenvalue weighted by atomic mass is 10.2. The van der Waals surface area contributed by atoms with E-state index in [-0.39, 0.29) is 0 Å². The Labute approximate surface area is 193 Å². The fourth-order valence-corrected chi connectivity index (χ4v) is 4.16. The lowest BCUT2D eigenvalue weighted by molar-refractivity contribution is 0.0663. The molecule has 3 heterocycles. The number of ether oxygens (including phenoxy) is 1. The summed E-state index contributed by atoms with van der Waals surface area (Å²) in [4.78, 5) is 15.8. The molecular formula is C24H28ClN5O2. The highest BCUT2D eigenvalue weighted by molar-refractivity contribution is 6.30. The smallest absolute Gasteiger partial charge is 0.273 e. The lowest BCUT2D eigenvalue weighted by Gasteiger charge is -2.36. The monoisotopic (exact) mass is 453 g/mol. The third-order valence-electron chi connectivity index (χ3n) is 6.18. The highest BCUT2D eigenvalue weighted by Gasteiger charge is 2.41. The number of hydrogen-bond acceptors (Lipinski definition) is 7. The van der Waals surface area contributed by atoms with E-state index in [0.29, 0.717) is 17.3 Å². The topological polar surface area (TPSA) is 64.4 Å². The highest BCUT2D eigenvalue weighted by Crippen LogP contribution is 2.39. The standard InChI is InChI=1S/C24H28ClN5O2/c1-17-3-8-20(13-26-17)32-23-27-22-21(30(23)14-18-4-6-19(25)7-5-18)15-29(16-28(22)2)12-11-24(31)9-10-24/h3-8,13,15,23,31H,9-12,14,16H2,1-2H3. The molecule has 1 fully saturated rings. The molecule has 0 bridgehead atoms. The maximum absolute atomic E-state index is 10.3. The van der Waals surface area contributed by atoms with Crippen molar-refractivity contribution in [2.75, 3.05) is 20.3 Å². The van der Waals surface area contributed by atoms with Crippen molar-refractivity contribution in [3.05, 3.63) is 70.8 Å². The highest BCUT2D eigenvalue weighted by atomic mass is 35.5. The first-order valence-corrected chi connectivity index (χ1v) is 11.3. The number of aliphatic imine (C=N–C) groups is 1. The molecule has 0 spiro atoms. The summed E-state index contributed by atoms with van der Waals surface area (Å²) >= 11 is 6.09. The summed E-state index contributed by atoms with van der Waals surface area (Å²) in [5.74, 6) is 1.59. The molecule has 1 saturated carbocycles. The van der Waals surface area contributed by atoms with E-state index >= 15 is 0 Å². The molecular weight excluding hydrogens is 426 g/mol. The van der Waals surface area contributed by atoms with Gasteiger partial charge in [0, 0.05) is 37.1 Å². The van der Waals surface area contributed by atoms with Crippen molar-refractivity contribution in [3.8, 4) is 5.75 Å². The molecule has 2 aliphatic heterocycles. The average molecular weight is 454 g/mol. The van der Waals surface area contributed by atoms with Gasteiger partial charge >= 0.3 is 0 Å². The second-order valence-corrected chi connectivity index (χ2v) is 9.36. The first-order chi connectivity index (χ1) is 15.4. The maximum atomic E-state index is 10.3. The van der Waals surface area contributed by atoms with Gasteiger partial charge in [-0.3, -0.25) is 4.98 Å². The zero-order valence-electron chi connectivity index (χ0n) is 18.4. The Morgan fingerprint density at radius 2 is 1.97 bits per heavy atom. The van der Waals surface area contributed by atoms with E-state index in [0.717, 1.165) is 55.3 Å². The molecule has 32 heavy (non-hydrogen) atoms. The van der Waals surface area contributed by atoms with Crippen molar-refractivity contribution in [1.29, 1.82) is 0 Å². The minimum atomic E-state index is -0.494. The molecule has 0 saturated heterocycles. The molecule has 1 aromatic carbocycles. The zero-order valence-corrected chi connectivity index (χ0v) is 19.2. The van der Waals surface area contributed by atoms with Crippen molar-refractivity contribution in [3.63, 3.8) is 0 Å². The molecule has 1 aromatic heterocycles. The SMILES string of the molecule is Cc1ccc(OC2N=C3C(=CN(CCC4(O)CC4)CN3C)N2Cc2ccc(Cl)cc2)cn1. The second kappa shape index (κ2) is 8.30. The molecule has 1 aliphatic carbocycles. The Balaban J connectivity index is 1.41. The Morgan fingerprint density at radius 3 is 2.66 bits per heavy atom. The molecule has 0 radical (unpaired) electrons. The minimum absolute atomic E-state index is 0.464. The predicted molar refractivity (Wildman–Crippen MR) is 124 cm³/mol. The number of amidine groups is 1. The van der Waals surface area contributed by atoms with Crippen LogP contribution in [0.4, 0.5) is 0 Å². The molecule has 5 rings (SSSR count). The van der Waals surface area contributed by atoms with Crippen molar-refractivity contribution >= 4 is 17.4 Å². The normalized spacial score (nSPS) is 21.2. The van der Waals surface area contributed by atoms with E-state index in [1.165, 1.54) is 0 Å². The van der Waals surface area contributed by atoms with E-state index in [2.05, 4.69) is 25.9 Å². The first-order valence-electron chi connectivity index (χ1n) is 11.0. The fourth-order valence-electron chi connectivity index (χ4n) is 4.03. The number of aliphatic hydroxyl groups is 1. The van der Waals surface area contributed by atoms with Gasteiger partial charge in [0.05, 0.1) is 18.5 Å². The molecule has 1 atom stereocenters. The molecule has 1 N–H and O–H groups in total. The molecule has 168 valence electrons. The Bertz CT molecular complexity index is 1030. The molecule has 8 heteroatoms. The van der Waals surface area contributed by atoms with Crippen molar-refractivity contribution < 1.29 is 9.84 Å². The van der Waals surface area contributed by atoms with Crippen molar-refractivity contribution in [2.24, 2.45) is 4.99 Å². The van der Waals surface area contributed by atoms with Crippen LogP contribution in [0.5, 0.6) is 5.75 Å². The van der Waals surface area contributed by atoms with Gasteiger partial charge in [0.1, 0.15) is 11.4 Å². The minimum Gasteiger partial charge on any atom is -0.449 e. The third kappa shape index (κ3) is 4.54. The lowest BCUT2D eigenvalue weighted by Crippen LogP contribution is -2.45. The largest absolute Gasteiger partial charge is 0.449 e. The third-order valence-corrected chi connectivity index (χ3v) is 6.43. The van der Waals surface area contributed by atoms with Gasteiger partial charge in [0.2, 0.25) is 0 Å². The Hall–Kier alpha value is -2.77. The second-order valence-electron chi connectivity index (χ2n) is 8.93. The van der Waals surface area contributed by atoms with Crippen LogP contribution in [-0.2, 0) is 6.54 Å². The quantitative estimate of drug-likeness (QED) is 0.691.